The summed E-state index contributed by atoms with van der Waals surface area (Å²) < 4.78 is 43.3. The molecule has 0 spiro atoms. The summed E-state index contributed by atoms with van der Waals surface area (Å²) in [4.78, 5) is 11.4. The Morgan fingerprint density at radius 3 is 2.39 bits per heavy atom. The lowest BCUT2D eigenvalue weighted by Gasteiger charge is -2.43. The van der Waals surface area contributed by atoms with Gasteiger partial charge in [0, 0.05) is 12.0 Å². The van der Waals surface area contributed by atoms with Crippen molar-refractivity contribution in [2.24, 2.45) is 0 Å². The van der Waals surface area contributed by atoms with Crippen LogP contribution in [-0.2, 0) is 9.53 Å². The lowest BCUT2D eigenvalue weighted by atomic mass is 9.75. The van der Waals surface area contributed by atoms with E-state index in [1.165, 1.54) is 13.8 Å². The minimum absolute atomic E-state index is 0.123. The molecule has 1 N–H and O–H groups in total. The van der Waals surface area contributed by atoms with E-state index in [4.69, 9.17) is 4.74 Å². The van der Waals surface area contributed by atoms with Gasteiger partial charge in [-0.25, -0.2) is 4.79 Å². The lowest BCUT2D eigenvalue weighted by Crippen LogP contribution is -2.54. The number of hydrogen-bond donors (Lipinski definition) is 1. The van der Waals surface area contributed by atoms with E-state index in [1.807, 2.05) is 0 Å². The molecule has 2 atom stereocenters. The Hall–Kier alpha value is -1.04. The summed E-state index contributed by atoms with van der Waals surface area (Å²) in [6, 6.07) is 0. The highest BCUT2D eigenvalue weighted by atomic mass is 19.4. The normalized spacial score (nSPS) is 33.0. The van der Waals surface area contributed by atoms with Crippen molar-refractivity contribution in [3.05, 3.63) is 12.2 Å². The predicted octanol–water partition coefficient (Wildman–Crippen LogP) is 2.73. The monoisotopic (exact) mass is 266 g/mol. The molecular formula is C12H17F3O3. The van der Waals surface area contributed by atoms with Gasteiger partial charge in [-0.3, -0.25) is 0 Å². The van der Waals surface area contributed by atoms with E-state index in [9.17, 15) is 23.1 Å². The zero-order chi connectivity index (χ0) is 14.2. The first kappa shape index (κ1) is 15.0. The van der Waals surface area contributed by atoms with Gasteiger partial charge in [-0.2, -0.15) is 13.2 Å². The smallest absolute Gasteiger partial charge is 0.417 e. The fraction of sp³-hybridized carbons (Fsp3) is 0.750. The Morgan fingerprint density at radius 2 is 1.94 bits per heavy atom. The number of rotatable bonds is 2. The molecule has 0 heterocycles. The maximum Gasteiger partial charge on any atom is 0.417 e. The van der Waals surface area contributed by atoms with Gasteiger partial charge in [-0.1, -0.05) is 6.58 Å². The topological polar surface area (TPSA) is 46.5 Å². The Balaban J connectivity index is 2.85. The van der Waals surface area contributed by atoms with E-state index < -0.39 is 29.8 Å². The summed E-state index contributed by atoms with van der Waals surface area (Å²) >= 11 is 0. The molecule has 0 aromatic carbocycles. The Kier molecular flexibility index (Phi) is 3.81. The average molecular weight is 266 g/mol. The van der Waals surface area contributed by atoms with E-state index in [1.54, 1.807) is 0 Å². The van der Waals surface area contributed by atoms with Crippen molar-refractivity contribution >= 4 is 5.97 Å². The number of aliphatic hydroxyl groups is 1. The Labute approximate surface area is 104 Å². The SMILES string of the molecule is C=C(C)C(=O)OC1(C)CCCC(O)(C(F)(F)F)C1. The average Bonchev–Trinajstić information content (AvgIpc) is 2.14. The van der Waals surface area contributed by atoms with Gasteiger partial charge in [0.25, 0.3) is 0 Å². The van der Waals surface area contributed by atoms with Crippen LogP contribution in [0.1, 0.15) is 39.5 Å². The van der Waals surface area contributed by atoms with Gasteiger partial charge in [-0.05, 0) is 33.1 Å². The zero-order valence-corrected chi connectivity index (χ0v) is 10.4. The molecule has 0 aliphatic heterocycles. The molecule has 2 unspecified atom stereocenters. The molecule has 104 valence electrons. The van der Waals surface area contributed by atoms with Gasteiger partial charge in [0.2, 0.25) is 0 Å². The molecule has 0 radical (unpaired) electrons. The van der Waals surface area contributed by atoms with Gasteiger partial charge in [0.15, 0.2) is 5.60 Å². The van der Waals surface area contributed by atoms with Crippen molar-refractivity contribution in [1.82, 2.24) is 0 Å². The third kappa shape index (κ3) is 3.04. The molecule has 0 bridgehead atoms. The number of carbonyl (C=O) groups excluding carboxylic acids is 1. The van der Waals surface area contributed by atoms with E-state index in [0.717, 1.165) is 0 Å². The zero-order valence-electron chi connectivity index (χ0n) is 10.4. The first-order valence-electron chi connectivity index (χ1n) is 5.67. The van der Waals surface area contributed by atoms with Gasteiger partial charge in [0.05, 0.1) is 0 Å². The van der Waals surface area contributed by atoms with Gasteiger partial charge in [0.1, 0.15) is 5.60 Å². The van der Waals surface area contributed by atoms with Gasteiger partial charge < -0.3 is 9.84 Å². The van der Waals surface area contributed by atoms with Crippen LogP contribution in [0, 0.1) is 0 Å². The third-order valence-electron chi connectivity index (χ3n) is 3.18. The number of ether oxygens (including phenoxy) is 1. The molecule has 0 aromatic rings. The van der Waals surface area contributed by atoms with Crippen molar-refractivity contribution in [3.8, 4) is 0 Å². The minimum Gasteiger partial charge on any atom is -0.456 e. The van der Waals surface area contributed by atoms with Crippen LogP contribution in [0.25, 0.3) is 0 Å². The highest BCUT2D eigenvalue weighted by Crippen LogP contribution is 2.46. The molecule has 0 aromatic heterocycles. The van der Waals surface area contributed by atoms with Crippen LogP contribution >= 0.6 is 0 Å². The number of esters is 1. The largest absolute Gasteiger partial charge is 0.456 e. The number of halogens is 3. The fourth-order valence-corrected chi connectivity index (χ4v) is 2.19. The molecule has 1 aliphatic carbocycles. The molecule has 1 saturated carbocycles. The molecule has 6 heteroatoms. The Morgan fingerprint density at radius 1 is 1.39 bits per heavy atom. The maximum absolute atomic E-state index is 12.8. The first-order chi connectivity index (χ1) is 7.99. The number of carbonyl (C=O) groups is 1. The van der Waals surface area contributed by atoms with Crippen LogP contribution in [0.4, 0.5) is 13.2 Å². The summed E-state index contributed by atoms with van der Waals surface area (Å²) in [6.07, 6.45) is -5.27. The number of alkyl halides is 3. The van der Waals surface area contributed by atoms with Crippen LogP contribution in [-0.4, -0.2) is 28.5 Å². The van der Waals surface area contributed by atoms with Crippen molar-refractivity contribution in [2.45, 2.75) is 56.9 Å². The highest BCUT2D eigenvalue weighted by Gasteiger charge is 2.58. The second-order valence-corrected chi connectivity index (χ2v) is 5.18. The quantitative estimate of drug-likeness (QED) is 0.617. The van der Waals surface area contributed by atoms with Crippen LogP contribution in [0.5, 0.6) is 0 Å². The maximum atomic E-state index is 12.8. The summed E-state index contributed by atoms with van der Waals surface area (Å²) in [7, 11) is 0. The van der Waals surface area contributed by atoms with E-state index in [0.29, 0.717) is 6.42 Å². The molecule has 18 heavy (non-hydrogen) atoms. The van der Waals surface area contributed by atoms with Crippen molar-refractivity contribution < 1.29 is 27.8 Å². The van der Waals surface area contributed by atoms with E-state index >= 15 is 0 Å². The molecular weight excluding hydrogens is 249 g/mol. The third-order valence-corrected chi connectivity index (χ3v) is 3.18. The predicted molar refractivity (Wildman–Crippen MR) is 58.8 cm³/mol. The fourth-order valence-electron chi connectivity index (χ4n) is 2.19. The van der Waals surface area contributed by atoms with Crippen LogP contribution in [0.3, 0.4) is 0 Å². The summed E-state index contributed by atoms with van der Waals surface area (Å²) in [6.45, 7) is 6.21. The number of hydrogen-bond acceptors (Lipinski definition) is 3. The summed E-state index contributed by atoms with van der Waals surface area (Å²) in [5, 5.41) is 9.66. The van der Waals surface area contributed by atoms with E-state index in [2.05, 4.69) is 6.58 Å². The van der Waals surface area contributed by atoms with Gasteiger partial charge in [-0.15, -0.1) is 0 Å². The summed E-state index contributed by atoms with van der Waals surface area (Å²) in [5.41, 5.74) is -3.97. The second kappa shape index (κ2) is 4.57. The molecule has 3 nitrogen and oxygen atoms in total. The molecule has 1 fully saturated rings. The summed E-state index contributed by atoms with van der Waals surface area (Å²) in [5.74, 6) is -0.732. The van der Waals surface area contributed by atoms with E-state index in [-0.39, 0.29) is 18.4 Å². The highest BCUT2D eigenvalue weighted by molar-refractivity contribution is 5.87. The van der Waals surface area contributed by atoms with Gasteiger partial charge >= 0.3 is 12.1 Å². The molecule has 1 aliphatic rings. The van der Waals surface area contributed by atoms with Crippen LogP contribution in [0.2, 0.25) is 0 Å². The Bertz CT molecular complexity index is 364. The molecule has 0 amide bonds. The van der Waals surface area contributed by atoms with Crippen LogP contribution < -0.4 is 0 Å². The van der Waals surface area contributed by atoms with Crippen molar-refractivity contribution in [2.75, 3.05) is 0 Å². The minimum atomic E-state index is -4.72. The van der Waals surface area contributed by atoms with Crippen molar-refractivity contribution in [3.63, 3.8) is 0 Å². The van der Waals surface area contributed by atoms with Crippen molar-refractivity contribution in [1.29, 1.82) is 0 Å². The molecule has 0 saturated heterocycles. The van der Waals surface area contributed by atoms with Crippen LogP contribution in [0.15, 0.2) is 12.2 Å². The molecule has 1 rings (SSSR count). The lowest BCUT2D eigenvalue weighted by molar-refractivity contribution is -0.286. The second-order valence-electron chi connectivity index (χ2n) is 5.18. The first-order valence-corrected chi connectivity index (χ1v) is 5.67. The standard InChI is InChI=1S/C12H17F3O3/c1-8(2)9(16)18-10(3)5-4-6-11(17,7-10)12(13,14)15/h17H,1,4-7H2,2-3H3.